The van der Waals surface area contributed by atoms with E-state index >= 15 is 0 Å². The van der Waals surface area contributed by atoms with Crippen LogP contribution in [0.3, 0.4) is 0 Å². The summed E-state index contributed by atoms with van der Waals surface area (Å²) >= 11 is 0. The predicted octanol–water partition coefficient (Wildman–Crippen LogP) is 8.75. The Morgan fingerprint density at radius 3 is 2.24 bits per heavy atom. The summed E-state index contributed by atoms with van der Waals surface area (Å²) in [6.07, 6.45) is 16.0. The highest BCUT2D eigenvalue weighted by Gasteiger charge is 2.70. The molecule has 1 saturated heterocycles. The molecular formula is C43H72N2O3S. The van der Waals surface area contributed by atoms with E-state index < -0.39 is 0 Å². The van der Waals surface area contributed by atoms with Crippen molar-refractivity contribution in [1.82, 2.24) is 10.2 Å². The summed E-state index contributed by atoms with van der Waals surface area (Å²) in [6, 6.07) is 0. The molecule has 6 aliphatic carbocycles. The normalized spacial score (nSPS) is 47.9. The molecule has 0 amide bonds. The number of carbonyl (C=O) groups is 2. The molecule has 1 N–H and O–H groups in total. The van der Waals surface area contributed by atoms with Crippen LogP contribution in [-0.4, -0.2) is 71.3 Å². The van der Waals surface area contributed by atoms with E-state index in [0.717, 1.165) is 37.0 Å². The molecule has 0 spiro atoms. The second-order valence-electron chi connectivity index (χ2n) is 21.1. The number of nitrogens with one attached hydrogen (secondary N) is 1. The highest BCUT2D eigenvalue weighted by Crippen LogP contribution is 2.76. The molecule has 7 aliphatic rings. The average Bonchev–Trinajstić information content (AvgIpc) is 3.46. The number of rotatable bonds is 7. The molecular weight excluding hydrogens is 625 g/mol. The first-order valence-electron chi connectivity index (χ1n) is 20.5. The Kier molecular flexibility index (Phi) is 9.09. The highest BCUT2D eigenvalue weighted by molar-refractivity contribution is 8.14. The van der Waals surface area contributed by atoms with Gasteiger partial charge in [0.1, 0.15) is 12.4 Å². The van der Waals surface area contributed by atoms with Crippen LogP contribution < -0.4 is 5.32 Å². The first kappa shape index (κ1) is 36.6. The van der Waals surface area contributed by atoms with E-state index in [4.69, 9.17) is 4.74 Å². The van der Waals surface area contributed by atoms with Gasteiger partial charge in [-0.3, -0.25) is 9.69 Å². The lowest BCUT2D eigenvalue weighted by Crippen LogP contribution is -2.69. The van der Waals surface area contributed by atoms with Gasteiger partial charge in [0.2, 0.25) is 0 Å². The monoisotopic (exact) mass is 697 g/mol. The van der Waals surface area contributed by atoms with Gasteiger partial charge in [-0.2, -0.15) is 10.5 Å². The van der Waals surface area contributed by atoms with E-state index in [-0.39, 0.29) is 45.7 Å². The van der Waals surface area contributed by atoms with Gasteiger partial charge in [0.05, 0.1) is 5.92 Å². The van der Waals surface area contributed by atoms with Gasteiger partial charge in [0.15, 0.2) is 0 Å². The van der Waals surface area contributed by atoms with Gasteiger partial charge in [0, 0.05) is 53.6 Å². The van der Waals surface area contributed by atoms with Crippen molar-refractivity contribution in [3.8, 4) is 0 Å². The van der Waals surface area contributed by atoms with E-state index in [2.05, 4.69) is 78.4 Å². The van der Waals surface area contributed by atoms with Crippen LogP contribution in [0.1, 0.15) is 139 Å². The molecule has 0 aromatic heterocycles. The smallest absolute Gasteiger partial charge is 0.309 e. The largest absolute Gasteiger partial charge is 0.462 e. The molecule has 5 nitrogen and oxygen atoms in total. The third-order valence-corrected chi connectivity index (χ3v) is 19.9. The molecule has 11 atom stereocenters. The maximum atomic E-state index is 13.5. The first-order valence-corrected chi connectivity index (χ1v) is 22.2. The Morgan fingerprint density at radius 2 is 1.57 bits per heavy atom. The van der Waals surface area contributed by atoms with Gasteiger partial charge in [0.25, 0.3) is 0 Å². The number of nitrogens with zero attached hydrogens (tertiary/aromatic N) is 1. The van der Waals surface area contributed by atoms with Crippen molar-refractivity contribution in [3.05, 3.63) is 0 Å². The van der Waals surface area contributed by atoms with Crippen LogP contribution in [0.5, 0.6) is 0 Å². The number of fused-ring (bicyclic) bond motifs is 7. The maximum absolute atomic E-state index is 13.5. The summed E-state index contributed by atoms with van der Waals surface area (Å²) in [5.74, 6) is 9.59. The zero-order valence-corrected chi connectivity index (χ0v) is 33.7. The Labute approximate surface area is 302 Å². The van der Waals surface area contributed by atoms with Gasteiger partial charge >= 0.3 is 5.97 Å². The summed E-state index contributed by atoms with van der Waals surface area (Å²) in [6.45, 7) is 25.6. The van der Waals surface area contributed by atoms with Crippen LogP contribution in [0.25, 0.3) is 0 Å². The molecule has 1 aliphatic heterocycles. The molecule has 7 fully saturated rings. The Morgan fingerprint density at radius 1 is 0.857 bits per heavy atom. The van der Waals surface area contributed by atoms with Gasteiger partial charge in [-0.1, -0.05) is 60.8 Å². The lowest BCUT2D eigenvalue weighted by molar-refractivity contribution is -0.247. The van der Waals surface area contributed by atoms with Crippen LogP contribution in [0.4, 0.5) is 0 Å². The summed E-state index contributed by atoms with van der Waals surface area (Å²) in [5, 5.41) is 4.38. The number of esters is 1. The molecule has 6 heteroatoms. The third-order valence-electron chi connectivity index (χ3n) is 18.4. The number of carbonyl (C=O) groups excluding carboxylic acids is 2. The minimum Gasteiger partial charge on any atom is -0.462 e. The lowest BCUT2D eigenvalue weighted by atomic mass is 9.33. The maximum Gasteiger partial charge on any atom is 0.309 e. The van der Waals surface area contributed by atoms with Crippen LogP contribution in [0, 0.1) is 62.6 Å². The van der Waals surface area contributed by atoms with Crippen molar-refractivity contribution >= 4 is 28.6 Å². The number of hydrogen-bond acceptors (Lipinski definition) is 5. The second-order valence-corrected chi connectivity index (χ2v) is 23.2. The summed E-state index contributed by atoms with van der Waals surface area (Å²) in [5.41, 5.74) is 1.19. The zero-order valence-electron chi connectivity index (χ0n) is 32.9. The molecule has 278 valence electrons. The molecule has 10 unspecified atom stereocenters. The van der Waals surface area contributed by atoms with Crippen molar-refractivity contribution in [2.24, 2.45) is 62.6 Å². The molecule has 0 radical (unpaired) electrons. The predicted molar refractivity (Wildman–Crippen MR) is 205 cm³/mol. The van der Waals surface area contributed by atoms with Crippen LogP contribution >= 0.6 is 10.5 Å². The summed E-state index contributed by atoms with van der Waals surface area (Å²) < 4.78 is 6.48. The fraction of sp³-hybridized carbons (Fsp3) is 0.930. The topological polar surface area (TPSA) is 58.6 Å². The summed E-state index contributed by atoms with van der Waals surface area (Å²) in [7, 11) is 0.363. The third kappa shape index (κ3) is 5.38. The van der Waals surface area contributed by atoms with Crippen LogP contribution in [-0.2, 0) is 14.3 Å². The Hall–Kier alpha value is -0.720. The minimum absolute atomic E-state index is 0.0289. The van der Waals surface area contributed by atoms with Gasteiger partial charge in [-0.05, 0) is 130 Å². The van der Waals surface area contributed by atoms with Crippen molar-refractivity contribution in [3.63, 3.8) is 0 Å². The fourth-order valence-electron chi connectivity index (χ4n) is 14.7. The van der Waals surface area contributed by atoms with Gasteiger partial charge in [-0.15, -0.1) is 0 Å². The zero-order chi connectivity index (χ0) is 35.4. The van der Waals surface area contributed by atoms with E-state index in [1.165, 1.54) is 88.8 Å². The van der Waals surface area contributed by atoms with E-state index in [0.29, 0.717) is 39.2 Å². The number of ether oxygens (including phenoxy) is 1. The van der Waals surface area contributed by atoms with Crippen LogP contribution in [0.2, 0.25) is 0 Å². The van der Waals surface area contributed by atoms with Crippen molar-refractivity contribution in [2.45, 2.75) is 157 Å². The van der Waals surface area contributed by atoms with E-state index in [9.17, 15) is 9.59 Å². The molecule has 0 aromatic rings. The van der Waals surface area contributed by atoms with E-state index in [1.807, 2.05) is 0 Å². The van der Waals surface area contributed by atoms with Crippen molar-refractivity contribution in [2.75, 3.05) is 31.1 Å². The molecule has 1 heterocycles. The number of hydrogen-bond donors (Lipinski definition) is 1. The van der Waals surface area contributed by atoms with Crippen LogP contribution in [0.15, 0.2) is 0 Å². The SMILES string of the molecule is C=S1CCN(C(C)(C)CNC23CCCC2C2CCC4C5(C)CCC(OC(=O)C6CC(C=O)C6(C)C)C(C)(C)C5CCC4(C)[C@]2(C)CC3)CC1. The highest BCUT2D eigenvalue weighted by atomic mass is 32.2. The Bertz CT molecular complexity index is 1330. The minimum atomic E-state index is -0.292. The van der Waals surface area contributed by atoms with E-state index in [1.54, 1.807) is 0 Å². The lowest BCUT2D eigenvalue weighted by Gasteiger charge is -2.72. The quantitative estimate of drug-likeness (QED) is 0.164. The number of aldehydes is 1. The second kappa shape index (κ2) is 12.2. The van der Waals surface area contributed by atoms with Gasteiger partial charge < -0.3 is 14.8 Å². The van der Waals surface area contributed by atoms with Gasteiger partial charge in [-0.25, -0.2) is 0 Å². The molecule has 0 bridgehead atoms. The molecule has 0 aromatic carbocycles. The standard InChI is InChI=1S/C43H72N2O3S/c1-37(2,45-22-24-49(10)25-23-45)28-44-43-17-11-12-31(43)30-13-14-34-40(7)18-16-35(48-36(47)32-26-29(27-46)38(32,3)4)39(5,6)33(40)15-19-42(34,9)41(30,8)20-21-43/h27,29-35,44H,10-26,28H2,1-9H3/t29?,30?,31?,32?,33?,34?,35?,40?,41-,42?,43?/m1/s1. The average molecular weight is 697 g/mol. The fourth-order valence-corrected chi connectivity index (χ4v) is 15.8. The summed E-state index contributed by atoms with van der Waals surface area (Å²) in [4.78, 5) is 27.8. The molecule has 7 rings (SSSR count). The van der Waals surface area contributed by atoms with Crippen molar-refractivity contribution in [1.29, 1.82) is 0 Å². The van der Waals surface area contributed by atoms with Crippen molar-refractivity contribution < 1.29 is 14.3 Å². The Balaban J connectivity index is 1.06. The first-order chi connectivity index (χ1) is 22.9. The molecule has 6 saturated carbocycles. The molecule has 49 heavy (non-hydrogen) atoms.